The standard InChI is InChI=1S/C24H33N7O4/c1-24(2,3)35-23(34)29-11-9-28(10-12-29)17-14-30(15-17)16-5-6-18-19(13-16)27(4)26-21(18)31-8-7-20(32)25-22(31)33/h5-6,13,20,32H,7-12,14-15H2,1-4H3/p+1. The van der Waals surface area contributed by atoms with Crippen LogP contribution in [0.2, 0.25) is 0 Å². The summed E-state index contributed by atoms with van der Waals surface area (Å²) in [7, 11) is 1.88. The Bertz CT molecular complexity index is 1180. The summed E-state index contributed by atoms with van der Waals surface area (Å²) in [5.74, 6) is 0.608. The number of nitrogens with one attached hydrogen (secondary N) is 1. The molecule has 0 saturated carbocycles. The van der Waals surface area contributed by atoms with Crippen LogP contribution >= 0.6 is 0 Å². The monoisotopic (exact) mass is 484 g/mol. The van der Waals surface area contributed by atoms with Crippen LogP contribution in [-0.2, 0) is 11.8 Å². The van der Waals surface area contributed by atoms with Gasteiger partial charge in [-0.25, -0.2) is 14.2 Å². The van der Waals surface area contributed by atoms with Crippen molar-refractivity contribution in [3.05, 3.63) is 18.2 Å². The molecule has 1 atom stereocenters. The van der Waals surface area contributed by atoms with Crippen LogP contribution < -0.4 is 15.1 Å². The molecule has 1 aromatic carbocycles. The zero-order valence-corrected chi connectivity index (χ0v) is 20.8. The topological polar surface area (TPSA) is 106 Å². The Labute approximate surface area is 204 Å². The lowest BCUT2D eigenvalue weighted by atomic mass is 10.1. The van der Waals surface area contributed by atoms with Gasteiger partial charge >= 0.3 is 12.1 Å². The number of hydrogen-bond donors (Lipinski definition) is 2. The van der Waals surface area contributed by atoms with Gasteiger partial charge in [0.15, 0.2) is 24.6 Å². The highest BCUT2D eigenvalue weighted by Gasteiger charge is 2.35. The van der Waals surface area contributed by atoms with Gasteiger partial charge in [0.1, 0.15) is 24.9 Å². The molecule has 11 heteroatoms. The number of ether oxygens (including phenoxy) is 1. The van der Waals surface area contributed by atoms with Gasteiger partial charge in [0.05, 0.1) is 18.6 Å². The minimum absolute atomic E-state index is 0.237. The number of hydrogen-bond acceptors (Lipinski definition) is 6. The Morgan fingerprint density at radius 2 is 1.91 bits per heavy atom. The fourth-order valence-corrected chi connectivity index (χ4v) is 4.78. The number of carbonyl (C=O) groups excluding carboxylic acids is 2. The number of aliphatic hydroxyl groups is 1. The Hall–Kier alpha value is -3.34. The Kier molecular flexibility index (Phi) is 5.82. The maximum absolute atomic E-state index is 12.4. The van der Waals surface area contributed by atoms with Crippen molar-refractivity contribution < 1.29 is 24.0 Å². The van der Waals surface area contributed by atoms with Crippen LogP contribution in [0.25, 0.3) is 10.9 Å². The number of aliphatic hydroxyl groups excluding tert-OH is 1. The number of nitrogens with zero attached hydrogens (tertiary/aromatic N) is 6. The summed E-state index contributed by atoms with van der Waals surface area (Å²) in [6.07, 6.45) is -0.586. The molecule has 0 bridgehead atoms. The maximum Gasteiger partial charge on any atom is 0.410 e. The fourth-order valence-electron chi connectivity index (χ4n) is 4.78. The largest absolute Gasteiger partial charge is 0.444 e. The third kappa shape index (κ3) is 4.64. The van der Waals surface area contributed by atoms with Crippen LogP contribution in [0, 0.1) is 0 Å². The molecule has 0 radical (unpaired) electrons. The van der Waals surface area contributed by atoms with Gasteiger partial charge in [-0.2, -0.15) is 5.10 Å². The Morgan fingerprint density at radius 3 is 2.57 bits per heavy atom. The number of benzene rings is 1. The lowest BCUT2D eigenvalue weighted by molar-refractivity contribution is -0.540. The van der Waals surface area contributed by atoms with Crippen molar-refractivity contribution in [1.29, 1.82) is 0 Å². The van der Waals surface area contributed by atoms with Crippen molar-refractivity contribution in [2.45, 2.75) is 39.0 Å². The maximum atomic E-state index is 12.4. The summed E-state index contributed by atoms with van der Waals surface area (Å²) < 4.78 is 9.67. The van der Waals surface area contributed by atoms with Crippen molar-refractivity contribution in [2.24, 2.45) is 7.05 Å². The fraction of sp³-hybridized carbons (Fsp3) is 0.583. The van der Waals surface area contributed by atoms with Crippen molar-refractivity contribution in [3.8, 4) is 0 Å². The number of aromatic nitrogens is 2. The first-order chi connectivity index (χ1) is 16.6. The van der Waals surface area contributed by atoms with Gasteiger partial charge in [0.2, 0.25) is 0 Å². The zero-order valence-electron chi connectivity index (χ0n) is 20.8. The van der Waals surface area contributed by atoms with E-state index in [-0.39, 0.29) is 12.1 Å². The van der Waals surface area contributed by atoms with Crippen LogP contribution in [-0.4, -0.2) is 99.8 Å². The van der Waals surface area contributed by atoms with E-state index in [9.17, 15) is 14.7 Å². The molecule has 1 aromatic heterocycles. The van der Waals surface area contributed by atoms with E-state index in [4.69, 9.17) is 4.74 Å². The van der Waals surface area contributed by atoms with E-state index in [0.29, 0.717) is 31.9 Å². The summed E-state index contributed by atoms with van der Waals surface area (Å²) in [5.41, 5.74) is 2.97. The number of amides is 3. The number of carbonyl (C=O) groups is 2. The van der Waals surface area contributed by atoms with Gasteiger partial charge in [-0.05, 0) is 39.0 Å². The summed E-state index contributed by atoms with van der Waals surface area (Å²) >= 11 is 0. The van der Waals surface area contributed by atoms with Crippen molar-refractivity contribution in [3.63, 3.8) is 0 Å². The Morgan fingerprint density at radius 1 is 1.20 bits per heavy atom. The van der Waals surface area contributed by atoms with Gasteiger partial charge in [-0.1, -0.05) is 0 Å². The van der Waals surface area contributed by atoms with Crippen molar-refractivity contribution in [1.82, 2.24) is 20.0 Å². The molecule has 11 nitrogen and oxygen atoms in total. The van der Waals surface area contributed by atoms with Crippen LogP contribution in [0.4, 0.5) is 21.1 Å². The number of piperazine rings is 1. The highest BCUT2D eigenvalue weighted by Crippen LogP contribution is 2.31. The normalized spacial score (nSPS) is 21.3. The second-order valence-corrected chi connectivity index (χ2v) is 10.4. The van der Waals surface area contributed by atoms with E-state index >= 15 is 0 Å². The molecule has 3 amide bonds. The average Bonchev–Trinajstić information content (AvgIpc) is 3.08. The summed E-state index contributed by atoms with van der Waals surface area (Å²) in [5, 5.41) is 17.7. The molecule has 2 N–H and O–H groups in total. The lowest BCUT2D eigenvalue weighted by Crippen LogP contribution is -2.56. The first-order valence-corrected chi connectivity index (χ1v) is 12.1. The van der Waals surface area contributed by atoms with Crippen LogP contribution in [0.1, 0.15) is 27.2 Å². The number of rotatable bonds is 2. The number of aryl methyl sites for hydroxylation is 1. The highest BCUT2D eigenvalue weighted by atomic mass is 16.6. The van der Waals surface area contributed by atoms with E-state index in [0.717, 1.165) is 42.8 Å². The predicted molar refractivity (Wildman–Crippen MR) is 132 cm³/mol. The van der Waals surface area contributed by atoms with E-state index in [1.54, 1.807) is 14.5 Å². The number of urea groups is 1. The van der Waals surface area contributed by atoms with E-state index in [2.05, 4.69) is 32.0 Å². The minimum atomic E-state index is -0.808. The number of fused-ring (bicyclic) bond motifs is 1. The van der Waals surface area contributed by atoms with E-state index in [1.165, 1.54) is 5.71 Å². The SMILES string of the molecule is Cn1nc(N2CCC(O)NC2=O)c2ccc(N3CC(=[N+]4CCN(C(=O)OC(C)(C)C)CC4)C3)cc21. The molecule has 0 spiro atoms. The van der Waals surface area contributed by atoms with Crippen LogP contribution in [0.5, 0.6) is 0 Å². The van der Waals surface area contributed by atoms with Crippen LogP contribution in [0.3, 0.4) is 0 Å². The number of anilines is 2. The molecular formula is C24H34N7O4+. The Balaban J connectivity index is 1.24. The molecule has 3 aliphatic rings. The summed E-state index contributed by atoms with van der Waals surface area (Å²) in [6.45, 7) is 10.8. The molecule has 0 aliphatic carbocycles. The third-order valence-corrected chi connectivity index (χ3v) is 6.72. The first-order valence-electron chi connectivity index (χ1n) is 12.1. The molecule has 35 heavy (non-hydrogen) atoms. The second-order valence-electron chi connectivity index (χ2n) is 10.4. The van der Waals surface area contributed by atoms with Gasteiger partial charge in [-0.15, -0.1) is 0 Å². The second kappa shape index (κ2) is 8.71. The van der Waals surface area contributed by atoms with Gasteiger partial charge < -0.3 is 20.1 Å². The summed E-state index contributed by atoms with van der Waals surface area (Å²) in [4.78, 5) is 30.3. The summed E-state index contributed by atoms with van der Waals surface area (Å²) in [6, 6.07) is 5.87. The van der Waals surface area contributed by atoms with Crippen LogP contribution in [0.15, 0.2) is 18.2 Å². The zero-order chi connectivity index (χ0) is 24.9. The quantitative estimate of drug-likeness (QED) is 0.623. The molecule has 3 saturated heterocycles. The molecule has 3 aliphatic heterocycles. The molecule has 1 unspecified atom stereocenters. The lowest BCUT2D eigenvalue weighted by Gasteiger charge is -2.35. The molecule has 5 rings (SSSR count). The smallest absolute Gasteiger partial charge is 0.410 e. The third-order valence-electron chi connectivity index (χ3n) is 6.72. The molecule has 3 fully saturated rings. The van der Waals surface area contributed by atoms with Gasteiger partial charge in [-0.3, -0.25) is 14.5 Å². The van der Waals surface area contributed by atoms with Crippen molar-refractivity contribution >= 4 is 40.2 Å². The predicted octanol–water partition coefficient (Wildman–Crippen LogP) is 1.34. The average molecular weight is 485 g/mol. The van der Waals surface area contributed by atoms with Crippen molar-refractivity contribution in [2.75, 3.05) is 55.6 Å². The molecular weight excluding hydrogens is 450 g/mol. The molecule has 4 heterocycles. The molecule has 188 valence electrons. The molecule has 2 aromatic rings. The van der Waals surface area contributed by atoms with E-state index < -0.39 is 11.8 Å². The minimum Gasteiger partial charge on any atom is -0.444 e. The highest BCUT2D eigenvalue weighted by molar-refractivity contribution is 6.03. The first kappa shape index (κ1) is 23.4. The van der Waals surface area contributed by atoms with E-state index in [1.807, 2.05) is 33.9 Å². The van der Waals surface area contributed by atoms with Gasteiger partial charge in [0, 0.05) is 31.1 Å². The van der Waals surface area contributed by atoms with Gasteiger partial charge in [0.25, 0.3) is 0 Å².